The first-order valence-corrected chi connectivity index (χ1v) is 5.77. The fourth-order valence-corrected chi connectivity index (χ4v) is 1.45. The zero-order valence-electron chi connectivity index (χ0n) is 11.5. The lowest BCUT2D eigenvalue weighted by Crippen LogP contribution is -2.37. The van der Waals surface area contributed by atoms with Gasteiger partial charge in [0.2, 0.25) is 11.9 Å². The van der Waals surface area contributed by atoms with Crippen LogP contribution in [0.15, 0.2) is 6.07 Å². The summed E-state index contributed by atoms with van der Waals surface area (Å²) < 4.78 is 38.1. The molecule has 1 unspecified atom stereocenters. The van der Waals surface area contributed by atoms with Crippen LogP contribution in [0.1, 0.15) is 12.6 Å². The first-order valence-electron chi connectivity index (χ1n) is 5.77. The zero-order chi connectivity index (χ0) is 15.5. The van der Waals surface area contributed by atoms with Gasteiger partial charge in [-0.05, 0) is 6.92 Å². The number of aromatic nitrogens is 2. The molecule has 0 aliphatic heterocycles. The van der Waals surface area contributed by atoms with Crippen LogP contribution in [0.25, 0.3) is 0 Å². The highest BCUT2D eigenvalue weighted by molar-refractivity contribution is 5.83. The van der Waals surface area contributed by atoms with Crippen LogP contribution < -0.4 is 10.6 Å². The largest absolute Gasteiger partial charge is 0.433 e. The second-order valence-electron chi connectivity index (χ2n) is 4.31. The van der Waals surface area contributed by atoms with Crippen LogP contribution in [0, 0.1) is 0 Å². The van der Waals surface area contributed by atoms with E-state index in [0.717, 1.165) is 6.07 Å². The summed E-state index contributed by atoms with van der Waals surface area (Å²) in [7, 11) is 4.52. The fraction of sp³-hybridized carbons (Fsp3) is 0.545. The lowest BCUT2D eigenvalue weighted by molar-refractivity contribution is -0.141. The molecule has 0 aromatic carbocycles. The van der Waals surface area contributed by atoms with Gasteiger partial charge in [0.1, 0.15) is 11.9 Å². The van der Waals surface area contributed by atoms with Crippen molar-refractivity contribution in [2.75, 3.05) is 31.8 Å². The van der Waals surface area contributed by atoms with Gasteiger partial charge in [-0.15, -0.1) is 0 Å². The number of hydrogen-bond donors (Lipinski definition) is 2. The number of nitrogens with zero attached hydrogens (tertiary/aromatic N) is 3. The maximum absolute atomic E-state index is 12.7. The maximum atomic E-state index is 12.7. The molecule has 1 aromatic rings. The summed E-state index contributed by atoms with van der Waals surface area (Å²) in [6.07, 6.45) is -4.58. The standard InChI is InChI=1S/C11H16F3N5O/c1-6(9(20)19(3)4)16-8-5-7(11(12,13)14)17-10(15-2)18-8/h5-6H,1-4H3,(H2,15,16,17,18). The first kappa shape index (κ1) is 16.0. The Morgan fingerprint density at radius 1 is 1.35 bits per heavy atom. The number of nitrogens with one attached hydrogen (secondary N) is 2. The molecule has 0 saturated carbocycles. The number of halogens is 3. The van der Waals surface area contributed by atoms with E-state index in [4.69, 9.17) is 0 Å². The lowest BCUT2D eigenvalue weighted by atomic mass is 10.3. The average Bonchev–Trinajstić information content (AvgIpc) is 2.36. The minimum atomic E-state index is -4.58. The highest BCUT2D eigenvalue weighted by Gasteiger charge is 2.34. The molecule has 0 radical (unpaired) electrons. The Balaban J connectivity index is 3.03. The Labute approximate surface area is 114 Å². The Bertz CT molecular complexity index is 489. The Morgan fingerprint density at radius 2 is 1.95 bits per heavy atom. The molecular formula is C11H16F3N5O. The van der Waals surface area contributed by atoms with E-state index in [-0.39, 0.29) is 17.7 Å². The van der Waals surface area contributed by atoms with Crippen LogP contribution in [0.3, 0.4) is 0 Å². The van der Waals surface area contributed by atoms with E-state index in [0.29, 0.717) is 0 Å². The number of carbonyl (C=O) groups is 1. The molecule has 6 nitrogen and oxygen atoms in total. The van der Waals surface area contributed by atoms with Gasteiger partial charge in [-0.25, -0.2) is 4.98 Å². The molecule has 0 aliphatic rings. The number of hydrogen-bond acceptors (Lipinski definition) is 5. The van der Waals surface area contributed by atoms with E-state index in [2.05, 4.69) is 20.6 Å². The molecular weight excluding hydrogens is 275 g/mol. The van der Waals surface area contributed by atoms with Gasteiger partial charge in [-0.1, -0.05) is 0 Å². The van der Waals surface area contributed by atoms with Crippen LogP contribution in [-0.2, 0) is 11.0 Å². The third-order valence-corrected chi connectivity index (χ3v) is 2.42. The van der Waals surface area contributed by atoms with Gasteiger partial charge >= 0.3 is 6.18 Å². The second kappa shape index (κ2) is 5.93. The van der Waals surface area contributed by atoms with Gasteiger partial charge in [0.15, 0.2) is 5.69 Å². The van der Waals surface area contributed by atoms with E-state index >= 15 is 0 Å². The van der Waals surface area contributed by atoms with Crippen LogP contribution in [0.4, 0.5) is 24.9 Å². The van der Waals surface area contributed by atoms with Crippen molar-refractivity contribution in [2.24, 2.45) is 0 Å². The predicted octanol–water partition coefficient (Wildman–Crippen LogP) is 1.43. The van der Waals surface area contributed by atoms with Gasteiger partial charge in [0.25, 0.3) is 0 Å². The predicted molar refractivity (Wildman–Crippen MR) is 68.4 cm³/mol. The molecule has 1 aromatic heterocycles. The molecule has 0 bridgehead atoms. The maximum Gasteiger partial charge on any atom is 0.433 e. The highest BCUT2D eigenvalue weighted by Crippen LogP contribution is 2.29. The summed E-state index contributed by atoms with van der Waals surface area (Å²) in [6, 6.07) is 0.0611. The molecule has 9 heteroatoms. The summed E-state index contributed by atoms with van der Waals surface area (Å²) in [6.45, 7) is 1.54. The number of rotatable bonds is 4. The van der Waals surface area contributed by atoms with Crippen molar-refractivity contribution in [3.63, 3.8) is 0 Å². The monoisotopic (exact) mass is 291 g/mol. The highest BCUT2D eigenvalue weighted by atomic mass is 19.4. The van der Waals surface area contributed by atoms with Crippen LogP contribution in [0.2, 0.25) is 0 Å². The molecule has 2 N–H and O–H groups in total. The van der Waals surface area contributed by atoms with Gasteiger partial charge < -0.3 is 15.5 Å². The molecule has 1 atom stereocenters. The topological polar surface area (TPSA) is 70.2 Å². The molecule has 0 aliphatic carbocycles. The van der Waals surface area contributed by atoms with Crippen molar-refractivity contribution >= 4 is 17.7 Å². The van der Waals surface area contributed by atoms with Crippen molar-refractivity contribution in [1.29, 1.82) is 0 Å². The summed E-state index contributed by atoms with van der Waals surface area (Å²) in [5, 5.41) is 5.08. The molecule has 1 rings (SSSR count). The average molecular weight is 291 g/mol. The first-order chi connectivity index (χ1) is 9.15. The van der Waals surface area contributed by atoms with Crippen molar-refractivity contribution in [3.05, 3.63) is 11.8 Å². The molecule has 1 heterocycles. The molecule has 0 saturated heterocycles. The van der Waals surface area contributed by atoms with Crippen molar-refractivity contribution in [1.82, 2.24) is 14.9 Å². The minimum absolute atomic E-state index is 0.0700. The quantitative estimate of drug-likeness (QED) is 0.878. The van der Waals surface area contributed by atoms with Gasteiger partial charge in [0.05, 0.1) is 0 Å². The number of likely N-dealkylation sites (N-methyl/N-ethyl adjacent to an activating group) is 1. The second-order valence-corrected chi connectivity index (χ2v) is 4.31. The molecule has 1 amide bonds. The van der Waals surface area contributed by atoms with Crippen molar-refractivity contribution < 1.29 is 18.0 Å². The summed E-state index contributed by atoms with van der Waals surface area (Å²) in [5.74, 6) is -0.519. The normalized spacial score (nSPS) is 12.8. The fourth-order valence-electron chi connectivity index (χ4n) is 1.45. The third kappa shape index (κ3) is 3.97. The minimum Gasteiger partial charge on any atom is -0.358 e. The number of carbonyl (C=O) groups excluding carboxylic acids is 1. The Hall–Kier alpha value is -2.06. The van der Waals surface area contributed by atoms with Crippen LogP contribution >= 0.6 is 0 Å². The Morgan fingerprint density at radius 3 is 2.40 bits per heavy atom. The van der Waals surface area contributed by atoms with E-state index in [1.807, 2.05) is 0 Å². The van der Waals surface area contributed by atoms with Crippen LogP contribution in [-0.4, -0.2) is 48.0 Å². The van der Waals surface area contributed by atoms with Gasteiger partial charge in [-0.3, -0.25) is 4.79 Å². The van der Waals surface area contributed by atoms with E-state index < -0.39 is 17.9 Å². The lowest BCUT2D eigenvalue weighted by Gasteiger charge is -2.19. The van der Waals surface area contributed by atoms with Gasteiger partial charge in [-0.2, -0.15) is 18.2 Å². The van der Waals surface area contributed by atoms with Crippen molar-refractivity contribution in [3.8, 4) is 0 Å². The number of amides is 1. The summed E-state index contributed by atoms with van der Waals surface area (Å²) in [4.78, 5) is 20.2. The van der Waals surface area contributed by atoms with Crippen LogP contribution in [0.5, 0.6) is 0 Å². The molecule has 20 heavy (non-hydrogen) atoms. The van der Waals surface area contributed by atoms with E-state index in [1.54, 1.807) is 14.1 Å². The van der Waals surface area contributed by atoms with Crippen molar-refractivity contribution in [2.45, 2.75) is 19.1 Å². The van der Waals surface area contributed by atoms with Gasteiger partial charge in [0, 0.05) is 27.2 Å². The number of anilines is 2. The zero-order valence-corrected chi connectivity index (χ0v) is 11.5. The Kier molecular flexibility index (Phi) is 4.74. The molecule has 0 fully saturated rings. The number of alkyl halides is 3. The van der Waals surface area contributed by atoms with E-state index in [1.165, 1.54) is 18.9 Å². The van der Waals surface area contributed by atoms with E-state index in [9.17, 15) is 18.0 Å². The summed E-state index contributed by atoms with van der Waals surface area (Å²) in [5.41, 5.74) is -1.08. The third-order valence-electron chi connectivity index (χ3n) is 2.42. The molecule has 0 spiro atoms. The SMILES string of the molecule is CNc1nc(NC(C)C(=O)N(C)C)cc(C(F)(F)F)n1. The molecule has 112 valence electrons. The smallest absolute Gasteiger partial charge is 0.358 e. The summed E-state index contributed by atoms with van der Waals surface area (Å²) >= 11 is 0.